The molecule has 1 aromatic carbocycles. The molecule has 8 heteroatoms. The van der Waals surface area contributed by atoms with Crippen LogP contribution in [0.1, 0.15) is 56.3 Å². The molecule has 1 fully saturated rings. The maximum Gasteiger partial charge on any atom is 0.407 e. The lowest BCUT2D eigenvalue weighted by molar-refractivity contribution is 0.0491. The molecular weight excluding hydrogens is 448 g/mol. The van der Waals surface area contributed by atoms with Crippen LogP contribution in [0.2, 0.25) is 0 Å². The normalized spacial score (nSPS) is 17.1. The molecule has 1 saturated heterocycles. The van der Waals surface area contributed by atoms with Gasteiger partial charge in [-0.05, 0) is 59.6 Å². The van der Waals surface area contributed by atoms with Crippen molar-refractivity contribution in [3.8, 4) is 11.1 Å². The Morgan fingerprint density at radius 1 is 1.24 bits per heavy atom. The van der Waals surface area contributed by atoms with Gasteiger partial charge in [0.1, 0.15) is 16.3 Å². The number of nitrogens with one attached hydrogen (secondary N) is 2. The summed E-state index contributed by atoms with van der Waals surface area (Å²) in [5.41, 5.74) is 2.58. The van der Waals surface area contributed by atoms with Gasteiger partial charge in [0.05, 0.1) is 11.9 Å². The van der Waals surface area contributed by atoms with Crippen LogP contribution in [-0.2, 0) is 11.3 Å². The van der Waals surface area contributed by atoms with E-state index in [4.69, 9.17) is 9.72 Å². The average molecular weight is 483 g/mol. The number of benzene rings is 1. The lowest BCUT2D eigenvalue weighted by Crippen LogP contribution is -2.47. The monoisotopic (exact) mass is 482 g/mol. The number of alkyl carbamates (subject to hydrolysis) is 1. The first-order valence-corrected chi connectivity index (χ1v) is 12.7. The molecule has 3 aromatic rings. The van der Waals surface area contributed by atoms with Crippen LogP contribution in [0.5, 0.6) is 0 Å². The number of fused-ring (bicyclic) bond motifs is 1. The first-order valence-electron chi connectivity index (χ1n) is 11.9. The minimum absolute atomic E-state index is 0.0969. The summed E-state index contributed by atoms with van der Waals surface area (Å²) in [6.45, 7) is 11.6. The zero-order chi connectivity index (χ0) is 24.5. The van der Waals surface area contributed by atoms with Crippen molar-refractivity contribution >= 4 is 27.6 Å². The number of nitrogens with zero attached hydrogens (tertiary/aromatic N) is 2. The second-order valence-corrected chi connectivity index (χ2v) is 11.3. The third-order valence-corrected chi connectivity index (χ3v) is 7.11. The number of likely N-dealkylation sites (tertiary alicyclic amines) is 1. The van der Waals surface area contributed by atoms with E-state index in [9.17, 15) is 9.59 Å². The van der Waals surface area contributed by atoms with E-state index >= 15 is 0 Å². The lowest BCUT2D eigenvalue weighted by Gasteiger charge is -2.35. The van der Waals surface area contributed by atoms with Crippen molar-refractivity contribution in [1.29, 1.82) is 0 Å². The summed E-state index contributed by atoms with van der Waals surface area (Å²) in [6.07, 6.45) is 2.79. The molecule has 34 heavy (non-hydrogen) atoms. The fourth-order valence-electron chi connectivity index (χ4n) is 4.51. The molecule has 0 spiro atoms. The molecule has 2 N–H and O–H groups in total. The van der Waals surface area contributed by atoms with Gasteiger partial charge < -0.3 is 15.0 Å². The van der Waals surface area contributed by atoms with Crippen molar-refractivity contribution < 1.29 is 9.53 Å². The van der Waals surface area contributed by atoms with Gasteiger partial charge in [-0.2, -0.15) is 0 Å². The third kappa shape index (κ3) is 5.67. The number of piperidine rings is 1. The molecule has 4 rings (SSSR count). The summed E-state index contributed by atoms with van der Waals surface area (Å²) in [5.74, 6) is 0.665. The second-order valence-electron chi connectivity index (χ2n) is 10.1. The first kappa shape index (κ1) is 24.4. The number of aromatic nitrogens is 2. The highest BCUT2D eigenvalue weighted by molar-refractivity contribution is 7.19. The number of thiophene rings is 1. The molecule has 1 aliphatic rings. The number of carbonyl (C=O) groups is 1. The van der Waals surface area contributed by atoms with E-state index in [2.05, 4.69) is 46.4 Å². The van der Waals surface area contributed by atoms with Crippen LogP contribution >= 0.6 is 11.3 Å². The molecular formula is C26H34N4O3S. The molecule has 1 atom stereocenters. The Balaban J connectivity index is 1.53. The number of H-pyrrole nitrogens is 1. The summed E-state index contributed by atoms with van der Waals surface area (Å²) < 4.78 is 5.38. The zero-order valence-corrected chi connectivity index (χ0v) is 21.5. The molecule has 1 amide bonds. The number of hydrogen-bond acceptors (Lipinski definition) is 6. The van der Waals surface area contributed by atoms with Crippen molar-refractivity contribution in [3.63, 3.8) is 0 Å². The molecule has 1 unspecified atom stereocenters. The van der Waals surface area contributed by atoms with Gasteiger partial charge in [0, 0.05) is 23.0 Å². The minimum atomic E-state index is -0.522. The zero-order valence-electron chi connectivity index (χ0n) is 20.7. The predicted octanol–water partition coefficient (Wildman–Crippen LogP) is 5.15. The molecule has 2 aromatic heterocycles. The van der Waals surface area contributed by atoms with Crippen LogP contribution in [-0.4, -0.2) is 45.7 Å². The number of aromatic amines is 1. The van der Waals surface area contributed by atoms with E-state index < -0.39 is 11.7 Å². The standard InChI is InChI=1S/C26H34N4O3S/c1-16-9-11-18(12-10-16)21-17(2)34-24-22(21)23(31)28-20(29-24)15-30-13-7-6-8-19(30)14-27-25(32)33-26(3,4)5/h9-12,19H,6-8,13-15H2,1-5H3,(H,27,32)(H,28,29,31). The summed E-state index contributed by atoms with van der Waals surface area (Å²) in [5, 5.41) is 3.57. The molecule has 7 nitrogen and oxygen atoms in total. The van der Waals surface area contributed by atoms with Gasteiger partial charge in [0.25, 0.3) is 5.56 Å². The average Bonchev–Trinajstić information content (AvgIpc) is 3.09. The highest BCUT2D eigenvalue weighted by Gasteiger charge is 2.25. The maximum absolute atomic E-state index is 13.2. The number of carbonyl (C=O) groups excluding carboxylic acids is 1. The summed E-state index contributed by atoms with van der Waals surface area (Å²) >= 11 is 1.57. The van der Waals surface area contributed by atoms with Gasteiger partial charge in [0.2, 0.25) is 0 Å². The first-order chi connectivity index (χ1) is 16.1. The molecule has 182 valence electrons. The van der Waals surface area contributed by atoms with Crippen molar-refractivity contribution in [2.75, 3.05) is 13.1 Å². The van der Waals surface area contributed by atoms with E-state index in [1.807, 2.05) is 27.7 Å². The Morgan fingerprint density at radius 3 is 2.68 bits per heavy atom. The van der Waals surface area contributed by atoms with Crippen LogP contribution in [0.4, 0.5) is 4.79 Å². The van der Waals surface area contributed by atoms with E-state index in [1.54, 1.807) is 11.3 Å². The van der Waals surface area contributed by atoms with Gasteiger partial charge >= 0.3 is 6.09 Å². The number of ether oxygens (including phenoxy) is 1. The fraction of sp³-hybridized carbons (Fsp3) is 0.500. The summed E-state index contributed by atoms with van der Waals surface area (Å²) in [7, 11) is 0. The molecule has 0 bridgehead atoms. The number of amides is 1. The van der Waals surface area contributed by atoms with E-state index in [0.717, 1.165) is 46.6 Å². The Bertz CT molecular complexity index is 1220. The highest BCUT2D eigenvalue weighted by Crippen LogP contribution is 2.35. The van der Waals surface area contributed by atoms with Gasteiger partial charge in [-0.1, -0.05) is 36.2 Å². The summed E-state index contributed by atoms with van der Waals surface area (Å²) in [6, 6.07) is 8.43. The van der Waals surface area contributed by atoms with E-state index in [1.165, 1.54) is 5.56 Å². The molecule has 0 aliphatic carbocycles. The van der Waals surface area contributed by atoms with Gasteiger partial charge in [-0.3, -0.25) is 9.69 Å². The van der Waals surface area contributed by atoms with Gasteiger partial charge in [-0.15, -0.1) is 11.3 Å². The Hall–Kier alpha value is -2.71. The van der Waals surface area contributed by atoms with E-state index in [-0.39, 0.29) is 11.6 Å². The van der Waals surface area contributed by atoms with Gasteiger partial charge in [-0.25, -0.2) is 9.78 Å². The number of rotatable bonds is 5. The Kier molecular flexibility index (Phi) is 7.09. The second kappa shape index (κ2) is 9.88. The fourth-order valence-corrected chi connectivity index (χ4v) is 5.58. The minimum Gasteiger partial charge on any atom is -0.444 e. The third-order valence-electron chi connectivity index (χ3n) is 6.11. The van der Waals surface area contributed by atoms with Crippen molar-refractivity contribution in [2.24, 2.45) is 0 Å². The van der Waals surface area contributed by atoms with Crippen LogP contribution in [0.3, 0.4) is 0 Å². The Morgan fingerprint density at radius 2 is 1.97 bits per heavy atom. The lowest BCUT2D eigenvalue weighted by atomic mass is 10.0. The van der Waals surface area contributed by atoms with Gasteiger partial charge in [0.15, 0.2) is 0 Å². The van der Waals surface area contributed by atoms with Crippen LogP contribution in [0.25, 0.3) is 21.3 Å². The van der Waals surface area contributed by atoms with Crippen LogP contribution < -0.4 is 10.9 Å². The number of hydrogen-bond donors (Lipinski definition) is 2. The van der Waals surface area contributed by atoms with Crippen LogP contribution in [0, 0.1) is 13.8 Å². The smallest absolute Gasteiger partial charge is 0.407 e. The van der Waals surface area contributed by atoms with Crippen LogP contribution in [0.15, 0.2) is 29.1 Å². The summed E-state index contributed by atoms with van der Waals surface area (Å²) in [4.78, 5) is 37.3. The number of aryl methyl sites for hydroxylation is 2. The quantitative estimate of drug-likeness (QED) is 0.525. The molecule has 0 radical (unpaired) electrons. The van der Waals surface area contributed by atoms with E-state index in [0.29, 0.717) is 24.3 Å². The predicted molar refractivity (Wildman–Crippen MR) is 137 cm³/mol. The largest absolute Gasteiger partial charge is 0.444 e. The molecule has 3 heterocycles. The molecule has 0 saturated carbocycles. The SMILES string of the molecule is Cc1ccc(-c2c(C)sc3nc(CN4CCCCC4CNC(=O)OC(C)(C)C)[nH]c(=O)c23)cc1. The molecule has 1 aliphatic heterocycles. The van der Waals surface area contributed by atoms with Crippen molar-refractivity contribution in [1.82, 2.24) is 20.2 Å². The maximum atomic E-state index is 13.2. The van der Waals surface area contributed by atoms with Crippen molar-refractivity contribution in [2.45, 2.75) is 72.1 Å². The van der Waals surface area contributed by atoms with Crippen molar-refractivity contribution in [3.05, 3.63) is 50.9 Å². The Labute approximate surface area is 204 Å². The topological polar surface area (TPSA) is 87.3 Å². The highest BCUT2D eigenvalue weighted by atomic mass is 32.1.